The van der Waals surface area contributed by atoms with Gasteiger partial charge in [0.1, 0.15) is 0 Å². The summed E-state index contributed by atoms with van der Waals surface area (Å²) in [5.74, 6) is -0.0458. The summed E-state index contributed by atoms with van der Waals surface area (Å²) < 4.78 is 1.05. The van der Waals surface area contributed by atoms with E-state index in [9.17, 15) is 4.79 Å². The Labute approximate surface area is 103 Å². The summed E-state index contributed by atoms with van der Waals surface area (Å²) in [6.45, 7) is 3.51. The maximum Gasteiger partial charge on any atom is 0.221 e. The zero-order valence-electron chi connectivity index (χ0n) is 9.17. The van der Waals surface area contributed by atoms with Crippen molar-refractivity contribution in [2.24, 2.45) is 0 Å². The van der Waals surface area contributed by atoms with Gasteiger partial charge in [-0.15, -0.1) is 0 Å². The van der Waals surface area contributed by atoms with Gasteiger partial charge in [0.05, 0.1) is 5.69 Å². The number of hydrogen-bond acceptors (Lipinski definition) is 1. The van der Waals surface area contributed by atoms with Crippen molar-refractivity contribution >= 4 is 38.3 Å². The molecule has 3 heteroatoms. The molecule has 0 saturated carbocycles. The van der Waals surface area contributed by atoms with E-state index in [4.69, 9.17) is 0 Å². The molecule has 1 N–H and O–H groups in total. The number of aryl methyl sites for hydroxylation is 1. The van der Waals surface area contributed by atoms with E-state index in [0.29, 0.717) is 0 Å². The molecule has 0 spiro atoms. The third-order valence-electron chi connectivity index (χ3n) is 2.49. The van der Waals surface area contributed by atoms with Crippen molar-refractivity contribution in [3.8, 4) is 0 Å². The molecule has 82 valence electrons. The van der Waals surface area contributed by atoms with Crippen LogP contribution < -0.4 is 5.32 Å². The van der Waals surface area contributed by atoms with Crippen LogP contribution in [0.15, 0.2) is 34.8 Å². The lowest BCUT2D eigenvalue weighted by Gasteiger charge is -2.12. The highest BCUT2D eigenvalue weighted by Gasteiger charge is 2.08. The molecular formula is C13H12BrNO. The number of benzene rings is 2. The van der Waals surface area contributed by atoms with E-state index in [-0.39, 0.29) is 5.91 Å². The molecule has 0 aliphatic carbocycles. The molecule has 2 aromatic rings. The normalized spacial score (nSPS) is 10.4. The Morgan fingerprint density at radius 1 is 1.25 bits per heavy atom. The topological polar surface area (TPSA) is 29.1 Å². The van der Waals surface area contributed by atoms with Gasteiger partial charge < -0.3 is 5.32 Å². The molecule has 0 unspecified atom stereocenters. The van der Waals surface area contributed by atoms with Crippen LogP contribution in [0.5, 0.6) is 0 Å². The average molecular weight is 278 g/mol. The third-order valence-corrected chi connectivity index (χ3v) is 3.15. The minimum absolute atomic E-state index is 0.0458. The fourth-order valence-electron chi connectivity index (χ4n) is 1.80. The zero-order chi connectivity index (χ0) is 11.7. The Morgan fingerprint density at radius 2 is 1.88 bits per heavy atom. The van der Waals surface area contributed by atoms with Crippen LogP contribution in [-0.2, 0) is 4.79 Å². The number of hydrogen-bond donors (Lipinski definition) is 1. The number of anilines is 1. The molecule has 2 aromatic carbocycles. The SMILES string of the molecule is CC(=O)Nc1c(C)cc(Br)c2ccccc12. The average Bonchev–Trinajstić information content (AvgIpc) is 2.24. The minimum atomic E-state index is -0.0458. The van der Waals surface area contributed by atoms with Gasteiger partial charge in [0.2, 0.25) is 5.91 Å². The molecule has 0 aliphatic rings. The van der Waals surface area contributed by atoms with Crippen molar-refractivity contribution in [3.63, 3.8) is 0 Å². The van der Waals surface area contributed by atoms with E-state index in [1.165, 1.54) is 6.92 Å². The summed E-state index contributed by atoms with van der Waals surface area (Å²) in [5.41, 5.74) is 1.95. The zero-order valence-corrected chi connectivity index (χ0v) is 10.8. The number of carbonyl (C=O) groups is 1. The first-order chi connectivity index (χ1) is 7.59. The first kappa shape index (κ1) is 11.1. The van der Waals surface area contributed by atoms with E-state index < -0.39 is 0 Å². The predicted octanol–water partition coefficient (Wildman–Crippen LogP) is 3.87. The van der Waals surface area contributed by atoms with Gasteiger partial charge in [-0.25, -0.2) is 0 Å². The maximum absolute atomic E-state index is 11.2. The lowest BCUT2D eigenvalue weighted by Crippen LogP contribution is -2.07. The van der Waals surface area contributed by atoms with Crippen LogP contribution in [0.25, 0.3) is 10.8 Å². The van der Waals surface area contributed by atoms with Gasteiger partial charge in [-0.2, -0.15) is 0 Å². The maximum atomic E-state index is 11.2. The lowest BCUT2D eigenvalue weighted by atomic mass is 10.0. The number of halogens is 1. The standard InChI is InChI=1S/C13H12BrNO/c1-8-7-12(14)10-5-3-4-6-11(10)13(8)15-9(2)16/h3-7H,1-2H3,(H,15,16). The van der Waals surface area contributed by atoms with Gasteiger partial charge in [0, 0.05) is 16.8 Å². The number of rotatable bonds is 1. The van der Waals surface area contributed by atoms with Crippen molar-refractivity contribution in [2.45, 2.75) is 13.8 Å². The van der Waals surface area contributed by atoms with Crippen molar-refractivity contribution < 1.29 is 4.79 Å². The molecule has 0 bridgehead atoms. The molecule has 1 amide bonds. The highest BCUT2D eigenvalue weighted by molar-refractivity contribution is 9.10. The molecule has 0 saturated heterocycles. The summed E-state index contributed by atoms with van der Waals surface area (Å²) in [4.78, 5) is 11.2. The predicted molar refractivity (Wildman–Crippen MR) is 70.7 cm³/mol. The van der Waals surface area contributed by atoms with E-state index in [1.807, 2.05) is 37.3 Å². The van der Waals surface area contributed by atoms with Crippen LogP contribution in [0.3, 0.4) is 0 Å². The fraction of sp³-hybridized carbons (Fsp3) is 0.154. The molecule has 0 radical (unpaired) electrons. The highest BCUT2D eigenvalue weighted by Crippen LogP contribution is 2.33. The second kappa shape index (κ2) is 4.26. The Balaban J connectivity index is 2.76. The van der Waals surface area contributed by atoms with Crippen LogP contribution in [-0.4, -0.2) is 5.91 Å². The van der Waals surface area contributed by atoms with E-state index >= 15 is 0 Å². The first-order valence-corrected chi connectivity index (χ1v) is 5.84. The molecule has 0 aliphatic heterocycles. The van der Waals surface area contributed by atoms with E-state index in [0.717, 1.165) is 26.5 Å². The molecule has 0 aromatic heterocycles. The number of amides is 1. The van der Waals surface area contributed by atoms with Gasteiger partial charge in [-0.05, 0) is 23.9 Å². The van der Waals surface area contributed by atoms with Crippen LogP contribution in [0.4, 0.5) is 5.69 Å². The number of fused-ring (bicyclic) bond motifs is 1. The van der Waals surface area contributed by atoms with E-state index in [2.05, 4.69) is 21.2 Å². The Hall–Kier alpha value is -1.35. The molecule has 0 heterocycles. The summed E-state index contributed by atoms with van der Waals surface area (Å²) in [6, 6.07) is 10.0. The molecule has 0 atom stereocenters. The summed E-state index contributed by atoms with van der Waals surface area (Å²) in [5, 5.41) is 5.05. The van der Waals surface area contributed by atoms with Crippen molar-refractivity contribution in [1.82, 2.24) is 0 Å². The van der Waals surface area contributed by atoms with Crippen LogP contribution in [0, 0.1) is 6.92 Å². The van der Waals surface area contributed by atoms with Gasteiger partial charge in [-0.3, -0.25) is 4.79 Å². The Kier molecular flexibility index (Phi) is 2.97. The van der Waals surface area contributed by atoms with Gasteiger partial charge in [0.25, 0.3) is 0 Å². The lowest BCUT2D eigenvalue weighted by molar-refractivity contribution is -0.114. The summed E-state index contributed by atoms with van der Waals surface area (Å²) >= 11 is 3.54. The molecule has 0 fully saturated rings. The quantitative estimate of drug-likeness (QED) is 0.843. The molecule has 2 nitrogen and oxygen atoms in total. The van der Waals surface area contributed by atoms with Crippen LogP contribution in [0.1, 0.15) is 12.5 Å². The summed E-state index contributed by atoms with van der Waals surface area (Å²) in [7, 11) is 0. The van der Waals surface area contributed by atoms with Gasteiger partial charge in [0.15, 0.2) is 0 Å². The van der Waals surface area contributed by atoms with Gasteiger partial charge in [-0.1, -0.05) is 40.2 Å². The fourth-order valence-corrected chi connectivity index (χ4v) is 2.49. The number of carbonyl (C=O) groups excluding carboxylic acids is 1. The highest BCUT2D eigenvalue weighted by atomic mass is 79.9. The van der Waals surface area contributed by atoms with Crippen LogP contribution in [0.2, 0.25) is 0 Å². The number of nitrogens with one attached hydrogen (secondary N) is 1. The molecular weight excluding hydrogens is 266 g/mol. The second-order valence-electron chi connectivity index (χ2n) is 3.78. The Bertz CT molecular complexity index is 563. The smallest absolute Gasteiger partial charge is 0.221 e. The third kappa shape index (κ3) is 1.95. The van der Waals surface area contributed by atoms with Crippen molar-refractivity contribution in [3.05, 3.63) is 40.4 Å². The van der Waals surface area contributed by atoms with Gasteiger partial charge >= 0.3 is 0 Å². The molecule has 2 rings (SSSR count). The van der Waals surface area contributed by atoms with Crippen molar-refractivity contribution in [1.29, 1.82) is 0 Å². The van der Waals surface area contributed by atoms with Crippen LogP contribution >= 0.6 is 15.9 Å². The monoisotopic (exact) mass is 277 g/mol. The first-order valence-electron chi connectivity index (χ1n) is 5.05. The van der Waals surface area contributed by atoms with Crippen molar-refractivity contribution in [2.75, 3.05) is 5.32 Å². The van der Waals surface area contributed by atoms with E-state index in [1.54, 1.807) is 0 Å². The Morgan fingerprint density at radius 3 is 2.50 bits per heavy atom. The molecule has 16 heavy (non-hydrogen) atoms. The largest absolute Gasteiger partial charge is 0.326 e. The minimum Gasteiger partial charge on any atom is -0.326 e. The summed E-state index contributed by atoms with van der Waals surface area (Å²) in [6.07, 6.45) is 0. The second-order valence-corrected chi connectivity index (χ2v) is 4.63.